The molecule has 0 aromatic heterocycles. The zero-order valence-electron chi connectivity index (χ0n) is 18.0. The van der Waals surface area contributed by atoms with Crippen molar-refractivity contribution in [2.45, 2.75) is 20.0 Å². The first-order valence-corrected chi connectivity index (χ1v) is 10.3. The Kier molecular flexibility index (Phi) is 9.71. The standard InChI is InChI=1S/C23H32N4O2.HI/c1-4-24-23(25-17-22(28)19-8-6-10-21(16-19)29-3)27-13-11-26(12-14-27)20-9-5-7-18(2)15-20;/h5-10,15-16,22,28H,4,11-14,17H2,1-3H3,(H,24,25);1H. The summed E-state index contributed by atoms with van der Waals surface area (Å²) >= 11 is 0. The van der Waals surface area contributed by atoms with E-state index in [1.54, 1.807) is 7.11 Å². The van der Waals surface area contributed by atoms with E-state index in [1.807, 2.05) is 24.3 Å². The van der Waals surface area contributed by atoms with Crippen molar-refractivity contribution in [1.29, 1.82) is 0 Å². The van der Waals surface area contributed by atoms with Crippen LogP contribution in [0.2, 0.25) is 0 Å². The molecule has 0 bridgehead atoms. The number of guanidine groups is 1. The summed E-state index contributed by atoms with van der Waals surface area (Å²) in [6.07, 6.45) is -0.660. The molecule has 1 heterocycles. The largest absolute Gasteiger partial charge is 0.497 e. The van der Waals surface area contributed by atoms with E-state index in [9.17, 15) is 5.11 Å². The number of nitrogens with one attached hydrogen (secondary N) is 1. The molecule has 3 rings (SSSR count). The number of benzene rings is 2. The molecule has 0 radical (unpaired) electrons. The average molecular weight is 524 g/mol. The van der Waals surface area contributed by atoms with Crippen LogP contribution in [0.15, 0.2) is 53.5 Å². The van der Waals surface area contributed by atoms with Gasteiger partial charge in [-0.1, -0.05) is 24.3 Å². The molecule has 0 aliphatic carbocycles. The highest BCUT2D eigenvalue weighted by Gasteiger charge is 2.20. The minimum atomic E-state index is -0.660. The third-order valence-corrected chi connectivity index (χ3v) is 5.17. The molecular formula is C23H33IN4O2. The van der Waals surface area contributed by atoms with E-state index < -0.39 is 6.10 Å². The lowest BCUT2D eigenvalue weighted by atomic mass is 10.1. The molecular weight excluding hydrogens is 491 g/mol. The zero-order chi connectivity index (χ0) is 20.6. The van der Waals surface area contributed by atoms with Crippen LogP contribution in [0.4, 0.5) is 5.69 Å². The summed E-state index contributed by atoms with van der Waals surface area (Å²) in [7, 11) is 1.63. The molecule has 1 aliphatic heterocycles. The van der Waals surface area contributed by atoms with Gasteiger partial charge in [-0.15, -0.1) is 24.0 Å². The molecule has 2 N–H and O–H groups in total. The Morgan fingerprint density at radius 2 is 1.87 bits per heavy atom. The van der Waals surface area contributed by atoms with Crippen molar-refractivity contribution in [2.75, 3.05) is 51.3 Å². The summed E-state index contributed by atoms with van der Waals surface area (Å²) in [6, 6.07) is 16.2. The predicted molar refractivity (Wildman–Crippen MR) is 134 cm³/mol. The molecule has 30 heavy (non-hydrogen) atoms. The normalized spacial score (nSPS) is 15.4. The van der Waals surface area contributed by atoms with Gasteiger partial charge in [0.25, 0.3) is 0 Å². The van der Waals surface area contributed by atoms with E-state index in [0.717, 1.165) is 50.0 Å². The summed E-state index contributed by atoms with van der Waals surface area (Å²) in [5.74, 6) is 1.60. The van der Waals surface area contributed by atoms with Crippen LogP contribution < -0.4 is 15.0 Å². The number of rotatable bonds is 6. The summed E-state index contributed by atoms with van der Waals surface area (Å²) in [4.78, 5) is 9.39. The van der Waals surface area contributed by atoms with Crippen molar-refractivity contribution in [2.24, 2.45) is 4.99 Å². The average Bonchev–Trinajstić information content (AvgIpc) is 2.76. The van der Waals surface area contributed by atoms with Gasteiger partial charge >= 0.3 is 0 Å². The maximum Gasteiger partial charge on any atom is 0.194 e. The van der Waals surface area contributed by atoms with Crippen LogP contribution in [0.5, 0.6) is 5.75 Å². The molecule has 1 unspecified atom stereocenters. The van der Waals surface area contributed by atoms with Crippen molar-refractivity contribution in [3.8, 4) is 5.75 Å². The van der Waals surface area contributed by atoms with Crippen LogP contribution in [0.25, 0.3) is 0 Å². The summed E-state index contributed by atoms with van der Waals surface area (Å²) < 4.78 is 5.25. The van der Waals surface area contributed by atoms with Crippen molar-refractivity contribution >= 4 is 35.6 Å². The zero-order valence-corrected chi connectivity index (χ0v) is 20.4. The highest BCUT2D eigenvalue weighted by atomic mass is 127. The number of methoxy groups -OCH3 is 1. The van der Waals surface area contributed by atoms with Gasteiger partial charge in [-0.2, -0.15) is 0 Å². The summed E-state index contributed by atoms with van der Waals surface area (Å²) in [5.41, 5.74) is 3.37. The lowest BCUT2D eigenvalue weighted by Crippen LogP contribution is -2.52. The number of anilines is 1. The molecule has 1 aliphatic rings. The van der Waals surface area contributed by atoms with Gasteiger partial charge in [0.2, 0.25) is 0 Å². The van der Waals surface area contributed by atoms with E-state index in [2.05, 4.69) is 53.2 Å². The highest BCUT2D eigenvalue weighted by molar-refractivity contribution is 14.0. The van der Waals surface area contributed by atoms with Crippen LogP contribution in [0.1, 0.15) is 24.2 Å². The molecule has 164 valence electrons. The van der Waals surface area contributed by atoms with E-state index in [4.69, 9.17) is 9.73 Å². The van der Waals surface area contributed by atoms with Gasteiger partial charge in [0.1, 0.15) is 5.75 Å². The highest BCUT2D eigenvalue weighted by Crippen LogP contribution is 2.20. The van der Waals surface area contributed by atoms with Crippen LogP contribution in [0, 0.1) is 6.92 Å². The molecule has 7 heteroatoms. The van der Waals surface area contributed by atoms with Crippen molar-refractivity contribution in [1.82, 2.24) is 10.2 Å². The molecule has 2 aromatic carbocycles. The number of aryl methyl sites for hydroxylation is 1. The monoisotopic (exact) mass is 524 g/mol. The molecule has 1 atom stereocenters. The quantitative estimate of drug-likeness (QED) is 0.345. The fourth-order valence-corrected chi connectivity index (χ4v) is 3.55. The third kappa shape index (κ3) is 6.50. The van der Waals surface area contributed by atoms with E-state index in [0.29, 0.717) is 6.54 Å². The van der Waals surface area contributed by atoms with Gasteiger partial charge in [-0.3, -0.25) is 4.99 Å². The first-order chi connectivity index (χ1) is 14.1. The number of nitrogens with zero attached hydrogens (tertiary/aromatic N) is 3. The maximum atomic E-state index is 10.6. The number of ether oxygens (including phenoxy) is 1. The Bertz CT molecular complexity index is 822. The van der Waals surface area contributed by atoms with Gasteiger partial charge in [0.15, 0.2) is 5.96 Å². The first kappa shape index (κ1) is 24.3. The Morgan fingerprint density at radius 1 is 1.13 bits per heavy atom. The van der Waals surface area contributed by atoms with Crippen molar-refractivity contribution in [3.05, 3.63) is 59.7 Å². The number of piperazine rings is 1. The fourth-order valence-electron chi connectivity index (χ4n) is 3.55. The summed E-state index contributed by atoms with van der Waals surface area (Å²) in [6.45, 7) is 9.00. The maximum absolute atomic E-state index is 10.6. The fraction of sp³-hybridized carbons (Fsp3) is 0.435. The van der Waals surface area contributed by atoms with Gasteiger partial charge in [-0.25, -0.2) is 0 Å². The Balaban J connectivity index is 0.00000320. The predicted octanol–water partition coefficient (Wildman–Crippen LogP) is 3.44. The van der Waals surface area contributed by atoms with Crippen molar-refractivity contribution in [3.63, 3.8) is 0 Å². The molecule has 0 saturated carbocycles. The van der Waals surface area contributed by atoms with E-state index >= 15 is 0 Å². The molecule has 1 saturated heterocycles. The Hall–Kier alpha value is -2.00. The smallest absolute Gasteiger partial charge is 0.194 e. The molecule has 2 aromatic rings. The number of halogens is 1. The topological polar surface area (TPSA) is 60.3 Å². The second kappa shape index (κ2) is 12.0. The van der Waals surface area contributed by atoms with Gasteiger partial charge in [0, 0.05) is 38.4 Å². The Labute approximate surface area is 197 Å². The van der Waals surface area contributed by atoms with Crippen LogP contribution in [0.3, 0.4) is 0 Å². The number of hydrogen-bond acceptors (Lipinski definition) is 4. The van der Waals surface area contributed by atoms with Crippen LogP contribution in [-0.4, -0.2) is 62.3 Å². The second-order valence-electron chi connectivity index (χ2n) is 7.30. The van der Waals surface area contributed by atoms with E-state index in [-0.39, 0.29) is 24.0 Å². The summed E-state index contributed by atoms with van der Waals surface area (Å²) in [5, 5.41) is 13.9. The van der Waals surface area contributed by atoms with Crippen LogP contribution in [-0.2, 0) is 0 Å². The lowest BCUT2D eigenvalue weighted by Gasteiger charge is -2.38. The van der Waals surface area contributed by atoms with Crippen LogP contribution >= 0.6 is 24.0 Å². The second-order valence-corrected chi connectivity index (χ2v) is 7.30. The lowest BCUT2D eigenvalue weighted by molar-refractivity contribution is 0.186. The molecule has 0 spiro atoms. The molecule has 1 fully saturated rings. The van der Waals surface area contributed by atoms with Gasteiger partial charge < -0.3 is 25.0 Å². The van der Waals surface area contributed by atoms with E-state index in [1.165, 1.54) is 11.3 Å². The first-order valence-electron chi connectivity index (χ1n) is 10.3. The number of aliphatic hydroxyl groups is 1. The third-order valence-electron chi connectivity index (χ3n) is 5.17. The number of hydrogen-bond donors (Lipinski definition) is 2. The van der Waals surface area contributed by atoms with Gasteiger partial charge in [-0.05, 0) is 49.2 Å². The number of aliphatic hydroxyl groups excluding tert-OH is 1. The Morgan fingerprint density at radius 3 is 2.53 bits per heavy atom. The van der Waals surface area contributed by atoms with Crippen molar-refractivity contribution < 1.29 is 9.84 Å². The van der Waals surface area contributed by atoms with Gasteiger partial charge in [0.05, 0.1) is 19.8 Å². The molecule has 0 amide bonds. The number of aliphatic imine (C=N–C) groups is 1. The minimum absolute atomic E-state index is 0. The SMILES string of the molecule is CCNC(=NCC(O)c1cccc(OC)c1)N1CCN(c2cccc(C)c2)CC1.I. The molecule has 6 nitrogen and oxygen atoms in total. The minimum Gasteiger partial charge on any atom is -0.497 e.